The van der Waals surface area contributed by atoms with Crippen molar-refractivity contribution in [2.24, 2.45) is 0 Å². The summed E-state index contributed by atoms with van der Waals surface area (Å²) in [5.74, 6) is 1.13. The van der Waals surface area contributed by atoms with Gasteiger partial charge in [-0.3, -0.25) is 5.32 Å². The zero-order valence-electron chi connectivity index (χ0n) is 12.3. The van der Waals surface area contributed by atoms with Crippen molar-refractivity contribution in [1.82, 2.24) is 15.5 Å². The zero-order chi connectivity index (χ0) is 15.5. The largest absolute Gasteiger partial charge is 0.418 e. The molecule has 0 saturated heterocycles. The van der Waals surface area contributed by atoms with Crippen LogP contribution in [-0.4, -0.2) is 10.2 Å². The number of nitrogens with one attached hydrogen (secondary N) is 1. The van der Waals surface area contributed by atoms with E-state index >= 15 is 0 Å². The van der Waals surface area contributed by atoms with Gasteiger partial charge in [-0.2, -0.15) is 0 Å². The van der Waals surface area contributed by atoms with Crippen molar-refractivity contribution in [2.45, 2.75) is 25.9 Å². The quantitative estimate of drug-likeness (QED) is 0.724. The highest BCUT2D eigenvalue weighted by molar-refractivity contribution is 7.13. The Balaban J connectivity index is 1.72. The van der Waals surface area contributed by atoms with Crippen LogP contribution in [0.25, 0.3) is 10.8 Å². The molecule has 3 aromatic rings. The molecule has 0 amide bonds. The number of hydrogen-bond acceptors (Lipinski definition) is 5. The van der Waals surface area contributed by atoms with Gasteiger partial charge in [0.1, 0.15) is 0 Å². The maximum atomic E-state index is 6.23. The Bertz CT molecular complexity index is 741. The van der Waals surface area contributed by atoms with E-state index in [9.17, 15) is 0 Å². The summed E-state index contributed by atoms with van der Waals surface area (Å²) in [5.41, 5.74) is 1.05. The molecule has 0 aliphatic carbocycles. The summed E-state index contributed by atoms with van der Waals surface area (Å²) in [6.07, 6.45) is 0. The van der Waals surface area contributed by atoms with Crippen LogP contribution in [0.5, 0.6) is 0 Å². The van der Waals surface area contributed by atoms with Crippen molar-refractivity contribution in [3.8, 4) is 10.8 Å². The van der Waals surface area contributed by atoms with Gasteiger partial charge < -0.3 is 4.42 Å². The van der Waals surface area contributed by atoms with Crippen LogP contribution in [0.3, 0.4) is 0 Å². The molecule has 2 aromatic heterocycles. The Morgan fingerprint density at radius 1 is 1.09 bits per heavy atom. The second-order valence-corrected chi connectivity index (χ2v) is 6.41. The molecule has 2 heterocycles. The van der Waals surface area contributed by atoms with Gasteiger partial charge in [-0.1, -0.05) is 35.9 Å². The third-order valence-corrected chi connectivity index (χ3v) is 4.62. The van der Waals surface area contributed by atoms with E-state index in [4.69, 9.17) is 16.0 Å². The van der Waals surface area contributed by atoms with Crippen molar-refractivity contribution in [3.05, 3.63) is 58.3 Å². The van der Waals surface area contributed by atoms with Gasteiger partial charge in [0.25, 0.3) is 5.89 Å². The smallest absolute Gasteiger partial charge is 0.257 e. The van der Waals surface area contributed by atoms with Crippen molar-refractivity contribution in [1.29, 1.82) is 0 Å². The third-order valence-electron chi connectivity index (χ3n) is 3.41. The summed E-state index contributed by atoms with van der Waals surface area (Å²) >= 11 is 7.81. The summed E-state index contributed by atoms with van der Waals surface area (Å²) < 4.78 is 5.75. The first-order valence-corrected chi connectivity index (χ1v) is 8.28. The number of thiophene rings is 1. The topological polar surface area (TPSA) is 51.0 Å². The molecular formula is C16H16ClN3OS. The molecule has 0 radical (unpaired) electrons. The number of benzene rings is 1. The van der Waals surface area contributed by atoms with Gasteiger partial charge in [0, 0.05) is 11.1 Å². The summed E-state index contributed by atoms with van der Waals surface area (Å²) in [4.78, 5) is 0.977. The molecule has 0 aliphatic heterocycles. The molecule has 0 aliphatic rings. The van der Waals surface area contributed by atoms with Gasteiger partial charge in [0.05, 0.1) is 10.9 Å². The van der Waals surface area contributed by atoms with E-state index in [1.165, 1.54) is 0 Å². The van der Waals surface area contributed by atoms with Gasteiger partial charge in [0.15, 0.2) is 0 Å². The summed E-state index contributed by atoms with van der Waals surface area (Å²) in [6.45, 7) is 4.06. The van der Waals surface area contributed by atoms with Gasteiger partial charge in [-0.05, 0) is 36.9 Å². The molecule has 3 rings (SSSR count). The molecule has 0 fully saturated rings. The molecule has 0 saturated carbocycles. The highest BCUT2D eigenvalue weighted by Gasteiger charge is 2.18. The van der Waals surface area contributed by atoms with E-state index in [0.29, 0.717) is 11.8 Å². The Morgan fingerprint density at radius 2 is 1.91 bits per heavy atom. The minimum atomic E-state index is -0.0625. The molecule has 1 aromatic carbocycles. The Morgan fingerprint density at radius 3 is 2.64 bits per heavy atom. The first kappa shape index (κ1) is 15.2. The molecule has 0 bridgehead atoms. The van der Waals surface area contributed by atoms with E-state index in [1.54, 1.807) is 11.3 Å². The minimum absolute atomic E-state index is 0.0625. The number of hydrogen-bond donors (Lipinski definition) is 1. The van der Waals surface area contributed by atoms with Crippen molar-refractivity contribution >= 4 is 22.9 Å². The summed E-state index contributed by atoms with van der Waals surface area (Å²) in [5, 5.41) is 14.4. The predicted molar refractivity (Wildman–Crippen MR) is 89.0 cm³/mol. The fraction of sp³-hybridized carbons (Fsp3) is 0.250. The third kappa shape index (κ3) is 3.21. The molecule has 114 valence electrons. The lowest BCUT2D eigenvalue weighted by Gasteiger charge is -2.18. The van der Waals surface area contributed by atoms with Gasteiger partial charge in [0.2, 0.25) is 5.89 Å². The first-order chi connectivity index (χ1) is 10.6. The van der Waals surface area contributed by atoms with Crippen molar-refractivity contribution < 1.29 is 4.42 Å². The average molecular weight is 334 g/mol. The van der Waals surface area contributed by atoms with Gasteiger partial charge in [-0.15, -0.1) is 21.5 Å². The fourth-order valence-electron chi connectivity index (χ4n) is 2.27. The summed E-state index contributed by atoms with van der Waals surface area (Å²) in [7, 11) is 0. The number of halogens is 1. The Labute approximate surface area is 138 Å². The molecule has 4 nitrogen and oxygen atoms in total. The second kappa shape index (κ2) is 6.60. The molecule has 22 heavy (non-hydrogen) atoms. The molecule has 1 N–H and O–H groups in total. The fourth-order valence-corrected chi connectivity index (χ4v) is 3.22. The number of rotatable bonds is 5. The van der Waals surface area contributed by atoms with E-state index in [-0.39, 0.29) is 12.1 Å². The predicted octanol–water partition coefficient (Wildman–Crippen LogP) is 4.86. The highest BCUT2D eigenvalue weighted by atomic mass is 35.5. The second-order valence-electron chi connectivity index (χ2n) is 5.05. The molecule has 0 spiro atoms. The van der Waals surface area contributed by atoms with Crippen LogP contribution in [0.15, 0.2) is 46.2 Å². The number of nitrogens with zero attached hydrogens (tertiary/aromatic N) is 2. The lowest BCUT2D eigenvalue weighted by molar-refractivity contribution is 0.395. The van der Waals surface area contributed by atoms with Gasteiger partial charge >= 0.3 is 0 Å². The van der Waals surface area contributed by atoms with Crippen LogP contribution in [0, 0.1) is 0 Å². The van der Waals surface area contributed by atoms with E-state index in [2.05, 4.69) is 22.4 Å². The Hall–Kier alpha value is -1.69. The zero-order valence-corrected chi connectivity index (χ0v) is 13.9. The monoisotopic (exact) mass is 333 g/mol. The normalized spacial score (nSPS) is 14.0. The van der Waals surface area contributed by atoms with Gasteiger partial charge in [-0.25, -0.2) is 0 Å². The number of aromatic nitrogens is 2. The summed E-state index contributed by atoms with van der Waals surface area (Å²) in [6, 6.07) is 11.8. The molecule has 2 atom stereocenters. The van der Waals surface area contributed by atoms with Crippen LogP contribution in [0.2, 0.25) is 5.02 Å². The van der Waals surface area contributed by atoms with E-state index < -0.39 is 0 Å². The standard InChI is InChI=1S/C16H16ClN3OS/c1-10(12-6-3-4-7-13(12)17)18-11(2)15-19-20-16(21-15)14-8-5-9-22-14/h3-11,18H,1-2H3. The molecular weight excluding hydrogens is 318 g/mol. The maximum Gasteiger partial charge on any atom is 0.257 e. The van der Waals surface area contributed by atoms with Crippen LogP contribution < -0.4 is 5.32 Å². The van der Waals surface area contributed by atoms with Crippen molar-refractivity contribution in [2.75, 3.05) is 0 Å². The minimum Gasteiger partial charge on any atom is -0.418 e. The highest BCUT2D eigenvalue weighted by Crippen LogP contribution is 2.27. The van der Waals surface area contributed by atoms with E-state index in [1.807, 2.05) is 48.7 Å². The van der Waals surface area contributed by atoms with E-state index in [0.717, 1.165) is 15.5 Å². The van der Waals surface area contributed by atoms with Crippen LogP contribution >= 0.6 is 22.9 Å². The SMILES string of the molecule is CC(NC(C)c1ccccc1Cl)c1nnc(-c2cccs2)o1. The average Bonchev–Trinajstić information content (AvgIpc) is 3.18. The lowest BCUT2D eigenvalue weighted by atomic mass is 10.1. The Kier molecular flexibility index (Phi) is 4.57. The van der Waals surface area contributed by atoms with Crippen LogP contribution in [0.4, 0.5) is 0 Å². The first-order valence-electron chi connectivity index (χ1n) is 7.03. The lowest BCUT2D eigenvalue weighted by Crippen LogP contribution is -2.23. The molecule has 2 unspecified atom stereocenters. The molecule has 6 heteroatoms. The maximum absolute atomic E-state index is 6.23. The van der Waals surface area contributed by atoms with Crippen LogP contribution in [0.1, 0.15) is 37.4 Å². The van der Waals surface area contributed by atoms with Crippen molar-refractivity contribution in [3.63, 3.8) is 0 Å². The van der Waals surface area contributed by atoms with Crippen LogP contribution in [-0.2, 0) is 0 Å².